The molecule has 0 N–H and O–H groups in total. The highest BCUT2D eigenvalue weighted by molar-refractivity contribution is 5.76. The number of nitrogens with zero attached hydrogens (tertiary/aromatic N) is 4. The maximum absolute atomic E-state index is 12.9. The molecule has 0 radical (unpaired) electrons. The summed E-state index contributed by atoms with van der Waals surface area (Å²) < 4.78 is 12.1. The van der Waals surface area contributed by atoms with Gasteiger partial charge in [0.15, 0.2) is 0 Å². The second-order valence-corrected chi connectivity index (χ2v) is 7.45. The van der Waals surface area contributed by atoms with Crippen LogP contribution in [0.3, 0.4) is 0 Å². The van der Waals surface area contributed by atoms with E-state index in [1.807, 2.05) is 48.5 Å². The number of anilines is 1. The molecule has 1 aliphatic rings. The van der Waals surface area contributed by atoms with E-state index in [-0.39, 0.29) is 18.0 Å². The third-order valence-corrected chi connectivity index (χ3v) is 5.59. The molecule has 1 saturated heterocycles. The molecule has 8 nitrogen and oxygen atoms in total. The summed E-state index contributed by atoms with van der Waals surface area (Å²) in [5.74, 6) is 1.34. The van der Waals surface area contributed by atoms with Gasteiger partial charge in [-0.25, -0.2) is 4.68 Å². The summed E-state index contributed by atoms with van der Waals surface area (Å²) >= 11 is 0. The number of hydrogen-bond donors (Lipinski definition) is 0. The van der Waals surface area contributed by atoms with E-state index in [1.165, 1.54) is 10.7 Å². The number of para-hydroxylation sites is 3. The summed E-state index contributed by atoms with van der Waals surface area (Å²) in [5, 5.41) is 4.42. The van der Waals surface area contributed by atoms with Gasteiger partial charge in [0, 0.05) is 37.8 Å². The molecule has 32 heavy (non-hydrogen) atoms. The highest BCUT2D eigenvalue weighted by atomic mass is 16.5. The monoisotopic (exact) mass is 434 g/mol. The van der Waals surface area contributed by atoms with Gasteiger partial charge in [0.05, 0.1) is 25.6 Å². The quantitative estimate of drug-likeness (QED) is 0.593. The van der Waals surface area contributed by atoms with Crippen molar-refractivity contribution in [2.75, 3.05) is 45.3 Å². The van der Waals surface area contributed by atoms with Gasteiger partial charge in [-0.1, -0.05) is 24.3 Å². The Hall–Kier alpha value is -3.81. The molecule has 1 amide bonds. The second kappa shape index (κ2) is 9.55. The molecular formula is C24H26N4O4. The van der Waals surface area contributed by atoms with Crippen molar-refractivity contribution < 1.29 is 14.3 Å². The van der Waals surface area contributed by atoms with E-state index in [9.17, 15) is 9.59 Å². The fourth-order valence-electron chi connectivity index (χ4n) is 3.88. The minimum atomic E-state index is -0.315. The van der Waals surface area contributed by atoms with Crippen LogP contribution in [0, 0.1) is 0 Å². The van der Waals surface area contributed by atoms with Crippen molar-refractivity contribution in [1.29, 1.82) is 0 Å². The number of hydrogen-bond acceptors (Lipinski definition) is 6. The topological polar surface area (TPSA) is 76.9 Å². The first-order chi connectivity index (χ1) is 15.6. The van der Waals surface area contributed by atoms with Crippen LogP contribution in [0.25, 0.3) is 11.3 Å². The molecule has 3 aromatic rings. The lowest BCUT2D eigenvalue weighted by molar-refractivity contribution is -0.132. The number of carbonyl (C=O) groups is 1. The zero-order chi connectivity index (χ0) is 22.5. The molecule has 0 spiro atoms. The largest absolute Gasteiger partial charge is 0.496 e. The van der Waals surface area contributed by atoms with E-state index < -0.39 is 0 Å². The zero-order valence-corrected chi connectivity index (χ0v) is 18.2. The molecule has 2 aromatic carbocycles. The fourth-order valence-corrected chi connectivity index (χ4v) is 3.88. The number of rotatable bonds is 6. The van der Waals surface area contributed by atoms with Gasteiger partial charge in [0.25, 0.3) is 5.56 Å². The van der Waals surface area contributed by atoms with Crippen molar-refractivity contribution in [2.45, 2.75) is 6.54 Å². The van der Waals surface area contributed by atoms with Crippen LogP contribution in [0.2, 0.25) is 0 Å². The molecule has 1 aromatic heterocycles. The Morgan fingerprint density at radius 3 is 2.25 bits per heavy atom. The van der Waals surface area contributed by atoms with E-state index in [1.54, 1.807) is 25.2 Å². The predicted octanol–water partition coefficient (Wildman–Crippen LogP) is 2.28. The number of piperazine rings is 1. The molecule has 166 valence electrons. The molecule has 1 aliphatic heterocycles. The summed E-state index contributed by atoms with van der Waals surface area (Å²) in [7, 11) is 3.24. The Kier molecular flexibility index (Phi) is 6.39. The first-order valence-corrected chi connectivity index (χ1v) is 10.5. The Bertz CT molecular complexity index is 1150. The van der Waals surface area contributed by atoms with Crippen molar-refractivity contribution in [3.05, 3.63) is 71.0 Å². The van der Waals surface area contributed by atoms with Crippen LogP contribution < -0.4 is 19.9 Å². The van der Waals surface area contributed by atoms with Crippen molar-refractivity contribution in [1.82, 2.24) is 14.7 Å². The molecular weight excluding hydrogens is 408 g/mol. The minimum absolute atomic E-state index is 0.101. The summed E-state index contributed by atoms with van der Waals surface area (Å²) in [4.78, 5) is 29.3. The average molecular weight is 434 g/mol. The minimum Gasteiger partial charge on any atom is -0.496 e. The highest BCUT2D eigenvalue weighted by Gasteiger charge is 2.23. The van der Waals surface area contributed by atoms with Crippen LogP contribution >= 0.6 is 0 Å². The maximum Gasteiger partial charge on any atom is 0.267 e. The van der Waals surface area contributed by atoms with E-state index >= 15 is 0 Å². The smallest absolute Gasteiger partial charge is 0.267 e. The summed E-state index contributed by atoms with van der Waals surface area (Å²) in [6, 6.07) is 18.4. The fraction of sp³-hybridized carbons (Fsp3) is 0.292. The number of methoxy groups -OCH3 is 2. The zero-order valence-electron chi connectivity index (χ0n) is 18.2. The van der Waals surface area contributed by atoms with E-state index in [0.717, 1.165) is 17.0 Å². The summed E-state index contributed by atoms with van der Waals surface area (Å²) in [6.45, 7) is 2.41. The van der Waals surface area contributed by atoms with Gasteiger partial charge in [-0.3, -0.25) is 9.59 Å². The number of carbonyl (C=O) groups excluding carboxylic acids is 1. The molecule has 4 rings (SSSR count). The third kappa shape index (κ3) is 4.44. The lowest BCUT2D eigenvalue weighted by Crippen LogP contribution is -2.50. The highest BCUT2D eigenvalue weighted by Crippen LogP contribution is 2.29. The van der Waals surface area contributed by atoms with E-state index in [0.29, 0.717) is 37.6 Å². The van der Waals surface area contributed by atoms with Crippen LogP contribution in [-0.2, 0) is 11.3 Å². The molecule has 0 aliphatic carbocycles. The number of aromatic nitrogens is 2. The van der Waals surface area contributed by atoms with Gasteiger partial charge in [-0.05, 0) is 30.3 Å². The molecule has 8 heteroatoms. The molecule has 0 unspecified atom stereocenters. The normalized spacial score (nSPS) is 13.7. The second-order valence-electron chi connectivity index (χ2n) is 7.45. The van der Waals surface area contributed by atoms with Gasteiger partial charge in [-0.2, -0.15) is 5.10 Å². The first-order valence-electron chi connectivity index (χ1n) is 10.5. The number of benzene rings is 2. The van der Waals surface area contributed by atoms with Gasteiger partial charge in [0.2, 0.25) is 5.91 Å². The summed E-state index contributed by atoms with van der Waals surface area (Å²) in [6.07, 6.45) is 0. The van der Waals surface area contributed by atoms with E-state index in [2.05, 4.69) is 10.00 Å². The number of amides is 1. The van der Waals surface area contributed by atoms with Crippen molar-refractivity contribution in [3.8, 4) is 22.8 Å². The molecule has 1 fully saturated rings. The lowest BCUT2D eigenvalue weighted by Gasteiger charge is -2.36. The first kappa shape index (κ1) is 21.4. The molecule has 2 heterocycles. The van der Waals surface area contributed by atoms with Crippen LogP contribution in [0.15, 0.2) is 65.5 Å². The Morgan fingerprint density at radius 2 is 1.53 bits per heavy atom. The standard InChI is InChI=1S/C24H26N4O4/c1-31-21-9-5-3-7-18(21)19-11-12-23(29)28(25-19)17-24(30)27-15-13-26(14-16-27)20-8-4-6-10-22(20)32-2/h3-12H,13-17H2,1-2H3. The number of ether oxygens (including phenoxy) is 2. The molecule has 0 bridgehead atoms. The van der Waals surface area contributed by atoms with E-state index in [4.69, 9.17) is 9.47 Å². The third-order valence-electron chi connectivity index (χ3n) is 5.59. The lowest BCUT2D eigenvalue weighted by atomic mass is 10.1. The molecule has 0 saturated carbocycles. The SMILES string of the molecule is COc1ccccc1-c1ccc(=O)n(CC(=O)N2CCN(c3ccccc3OC)CC2)n1. The summed E-state index contributed by atoms with van der Waals surface area (Å²) in [5.41, 5.74) is 2.05. The average Bonchev–Trinajstić information content (AvgIpc) is 2.85. The maximum atomic E-state index is 12.9. The Morgan fingerprint density at radius 1 is 0.875 bits per heavy atom. The molecule has 0 atom stereocenters. The Balaban J connectivity index is 1.45. The van der Waals surface area contributed by atoms with Crippen LogP contribution in [-0.4, -0.2) is 61.0 Å². The van der Waals surface area contributed by atoms with Gasteiger partial charge < -0.3 is 19.3 Å². The van der Waals surface area contributed by atoms with Gasteiger partial charge in [-0.15, -0.1) is 0 Å². The predicted molar refractivity (Wildman–Crippen MR) is 122 cm³/mol. The van der Waals surface area contributed by atoms with Gasteiger partial charge >= 0.3 is 0 Å². The van der Waals surface area contributed by atoms with Crippen LogP contribution in [0.1, 0.15) is 0 Å². The van der Waals surface area contributed by atoms with Crippen molar-refractivity contribution >= 4 is 11.6 Å². The van der Waals surface area contributed by atoms with Crippen LogP contribution in [0.5, 0.6) is 11.5 Å². The van der Waals surface area contributed by atoms with Crippen LogP contribution in [0.4, 0.5) is 5.69 Å². The van der Waals surface area contributed by atoms with Gasteiger partial charge in [0.1, 0.15) is 18.0 Å². The van der Waals surface area contributed by atoms with Crippen molar-refractivity contribution in [2.24, 2.45) is 0 Å². The van der Waals surface area contributed by atoms with Crippen molar-refractivity contribution in [3.63, 3.8) is 0 Å². The Labute approximate surface area is 186 Å².